The van der Waals surface area contributed by atoms with Gasteiger partial charge in [0.2, 0.25) is 0 Å². The lowest BCUT2D eigenvalue weighted by atomic mass is 9.93. The largest absolute Gasteiger partial charge is 0.0804 e. The minimum Gasteiger partial charge on any atom is -0.0804 e. The third-order valence-corrected chi connectivity index (χ3v) is 4.13. The molecule has 0 aromatic heterocycles. The van der Waals surface area contributed by atoms with Gasteiger partial charge in [0.25, 0.3) is 0 Å². The Labute approximate surface area is 110 Å². The van der Waals surface area contributed by atoms with Gasteiger partial charge in [-0.05, 0) is 61.8 Å². The molecule has 0 saturated heterocycles. The van der Waals surface area contributed by atoms with Crippen LogP contribution in [0, 0.1) is 13.8 Å². The van der Waals surface area contributed by atoms with E-state index in [4.69, 9.17) is 0 Å². The zero-order valence-corrected chi connectivity index (χ0v) is 11.3. The SMILES string of the molecule is Cc1cc(C)c2c(c1)CCC1=C(CC=CC=C1)C2. The summed E-state index contributed by atoms with van der Waals surface area (Å²) < 4.78 is 0. The molecule has 2 aliphatic rings. The number of benzene rings is 1. The van der Waals surface area contributed by atoms with Gasteiger partial charge in [-0.2, -0.15) is 0 Å². The van der Waals surface area contributed by atoms with Crippen molar-refractivity contribution in [2.75, 3.05) is 0 Å². The van der Waals surface area contributed by atoms with Crippen LogP contribution < -0.4 is 0 Å². The van der Waals surface area contributed by atoms with Crippen LogP contribution in [-0.2, 0) is 12.8 Å². The molecule has 1 aromatic rings. The number of allylic oxidation sites excluding steroid dienone is 6. The Balaban J connectivity index is 2.05. The van der Waals surface area contributed by atoms with Crippen molar-refractivity contribution in [3.63, 3.8) is 0 Å². The predicted molar refractivity (Wildman–Crippen MR) is 77.9 cm³/mol. The second-order valence-electron chi connectivity index (χ2n) is 5.52. The van der Waals surface area contributed by atoms with E-state index in [-0.39, 0.29) is 0 Å². The van der Waals surface area contributed by atoms with E-state index in [1.807, 2.05) is 0 Å². The van der Waals surface area contributed by atoms with Crippen LogP contribution in [0.3, 0.4) is 0 Å². The molecule has 0 fully saturated rings. The number of rotatable bonds is 0. The summed E-state index contributed by atoms with van der Waals surface area (Å²) in [7, 11) is 0. The van der Waals surface area contributed by atoms with Crippen LogP contribution >= 0.6 is 0 Å². The van der Waals surface area contributed by atoms with Crippen molar-refractivity contribution in [3.8, 4) is 0 Å². The van der Waals surface area contributed by atoms with E-state index in [9.17, 15) is 0 Å². The average molecular weight is 236 g/mol. The number of fused-ring (bicyclic) bond motifs is 1. The molecular weight excluding hydrogens is 216 g/mol. The van der Waals surface area contributed by atoms with E-state index in [1.54, 1.807) is 22.3 Å². The van der Waals surface area contributed by atoms with Gasteiger partial charge in [0, 0.05) is 0 Å². The molecule has 0 atom stereocenters. The third kappa shape index (κ3) is 2.08. The molecule has 92 valence electrons. The van der Waals surface area contributed by atoms with Gasteiger partial charge in [-0.3, -0.25) is 0 Å². The van der Waals surface area contributed by atoms with Crippen molar-refractivity contribution in [3.05, 3.63) is 69.8 Å². The zero-order chi connectivity index (χ0) is 12.5. The van der Waals surface area contributed by atoms with Crippen LogP contribution in [0.5, 0.6) is 0 Å². The molecule has 18 heavy (non-hydrogen) atoms. The summed E-state index contributed by atoms with van der Waals surface area (Å²) in [6.07, 6.45) is 13.6. The molecule has 0 amide bonds. The molecule has 1 aromatic carbocycles. The molecule has 0 unspecified atom stereocenters. The number of hydrogen-bond donors (Lipinski definition) is 0. The molecule has 0 nitrogen and oxygen atoms in total. The van der Waals surface area contributed by atoms with Gasteiger partial charge in [-0.1, -0.05) is 47.6 Å². The van der Waals surface area contributed by atoms with Gasteiger partial charge in [-0.25, -0.2) is 0 Å². The molecule has 0 heterocycles. The smallest absolute Gasteiger partial charge is 0.00528 e. The first-order chi connectivity index (χ1) is 8.74. The van der Waals surface area contributed by atoms with Crippen molar-refractivity contribution >= 4 is 0 Å². The highest BCUT2D eigenvalue weighted by atomic mass is 14.2. The summed E-state index contributed by atoms with van der Waals surface area (Å²) in [6, 6.07) is 4.71. The second kappa shape index (κ2) is 4.61. The first-order valence-electron chi connectivity index (χ1n) is 6.87. The number of hydrogen-bond acceptors (Lipinski definition) is 0. The minimum atomic E-state index is 1.12. The quantitative estimate of drug-likeness (QED) is 0.617. The molecule has 3 rings (SSSR count). The monoisotopic (exact) mass is 236 g/mol. The standard InChI is InChI=1S/C18H20/c1-13-10-14(2)18-12-16-7-5-3-4-6-15(16)8-9-17(18)11-13/h3-6,10-11H,7-9,12H2,1-2H3. The van der Waals surface area contributed by atoms with E-state index >= 15 is 0 Å². The van der Waals surface area contributed by atoms with Gasteiger partial charge in [0.05, 0.1) is 0 Å². The summed E-state index contributed by atoms with van der Waals surface area (Å²) in [4.78, 5) is 0. The Morgan fingerprint density at radius 2 is 1.89 bits per heavy atom. The fourth-order valence-electron chi connectivity index (χ4n) is 3.20. The molecule has 0 aliphatic heterocycles. The van der Waals surface area contributed by atoms with Crippen molar-refractivity contribution in [2.24, 2.45) is 0 Å². The molecule has 0 heteroatoms. The summed E-state index contributed by atoms with van der Waals surface area (Å²) in [6.45, 7) is 4.47. The molecular formula is C18H20. The molecule has 0 N–H and O–H groups in total. The maximum atomic E-state index is 2.38. The fraction of sp³-hybridized carbons (Fsp3) is 0.333. The van der Waals surface area contributed by atoms with Crippen molar-refractivity contribution < 1.29 is 0 Å². The Bertz CT molecular complexity index is 568. The number of aryl methyl sites for hydroxylation is 3. The predicted octanol–water partition coefficient (Wildman–Crippen LogP) is 4.60. The van der Waals surface area contributed by atoms with Crippen LogP contribution in [0.4, 0.5) is 0 Å². The highest BCUT2D eigenvalue weighted by Crippen LogP contribution is 2.31. The average Bonchev–Trinajstić information content (AvgIpc) is 2.63. The highest BCUT2D eigenvalue weighted by Gasteiger charge is 2.16. The Morgan fingerprint density at radius 3 is 2.78 bits per heavy atom. The first kappa shape index (κ1) is 11.5. The maximum absolute atomic E-state index is 2.38. The van der Waals surface area contributed by atoms with E-state index in [0.29, 0.717) is 0 Å². The lowest BCUT2D eigenvalue weighted by Crippen LogP contribution is -1.98. The maximum Gasteiger partial charge on any atom is -0.00528 e. The van der Waals surface area contributed by atoms with Crippen molar-refractivity contribution in [1.29, 1.82) is 0 Å². The van der Waals surface area contributed by atoms with Gasteiger partial charge in [0.15, 0.2) is 0 Å². The van der Waals surface area contributed by atoms with Gasteiger partial charge in [-0.15, -0.1) is 0 Å². The third-order valence-electron chi connectivity index (χ3n) is 4.13. The van der Waals surface area contributed by atoms with Crippen molar-refractivity contribution in [1.82, 2.24) is 0 Å². The molecule has 2 aliphatic carbocycles. The van der Waals surface area contributed by atoms with Crippen LogP contribution in [0.1, 0.15) is 35.1 Å². The van der Waals surface area contributed by atoms with Crippen LogP contribution in [0.2, 0.25) is 0 Å². The second-order valence-corrected chi connectivity index (χ2v) is 5.52. The minimum absolute atomic E-state index is 1.12. The lowest BCUT2D eigenvalue weighted by molar-refractivity contribution is 0.957. The van der Waals surface area contributed by atoms with Gasteiger partial charge >= 0.3 is 0 Å². The highest BCUT2D eigenvalue weighted by molar-refractivity contribution is 5.46. The molecule has 0 spiro atoms. The molecule has 0 saturated carbocycles. The van der Waals surface area contributed by atoms with Gasteiger partial charge in [0.1, 0.15) is 0 Å². The Hall–Kier alpha value is -1.56. The lowest BCUT2D eigenvalue weighted by Gasteiger charge is -2.12. The first-order valence-corrected chi connectivity index (χ1v) is 6.87. The Morgan fingerprint density at radius 1 is 1.00 bits per heavy atom. The van der Waals surface area contributed by atoms with E-state index in [0.717, 1.165) is 12.8 Å². The van der Waals surface area contributed by atoms with Crippen LogP contribution in [-0.4, -0.2) is 0 Å². The van der Waals surface area contributed by atoms with E-state index < -0.39 is 0 Å². The van der Waals surface area contributed by atoms with Gasteiger partial charge < -0.3 is 0 Å². The summed E-state index contributed by atoms with van der Waals surface area (Å²) >= 11 is 0. The molecule has 0 bridgehead atoms. The Kier molecular flexibility index (Phi) is 2.95. The fourth-order valence-corrected chi connectivity index (χ4v) is 3.20. The van der Waals surface area contributed by atoms with Crippen LogP contribution in [0.25, 0.3) is 0 Å². The summed E-state index contributed by atoms with van der Waals surface area (Å²) in [5.74, 6) is 0. The zero-order valence-electron chi connectivity index (χ0n) is 11.3. The van der Waals surface area contributed by atoms with Crippen molar-refractivity contribution in [2.45, 2.75) is 39.5 Å². The summed E-state index contributed by atoms with van der Waals surface area (Å²) in [5, 5.41) is 0. The normalized spacial score (nSPS) is 18.1. The van der Waals surface area contributed by atoms with Crippen LogP contribution in [0.15, 0.2) is 47.6 Å². The topological polar surface area (TPSA) is 0 Å². The summed E-state index contributed by atoms with van der Waals surface area (Å²) in [5.41, 5.74) is 9.20. The van der Waals surface area contributed by atoms with E-state index in [2.05, 4.69) is 50.3 Å². The molecule has 0 radical (unpaired) electrons. The van der Waals surface area contributed by atoms with E-state index in [1.165, 1.54) is 24.0 Å².